The Kier molecular flexibility index (Phi) is 5.40. The number of hydrogen-bond donors (Lipinski definition) is 0. The summed E-state index contributed by atoms with van der Waals surface area (Å²) in [5, 5.41) is 0. The summed E-state index contributed by atoms with van der Waals surface area (Å²) in [6.07, 6.45) is 3.89. The molecule has 0 aromatic carbocycles. The van der Waals surface area contributed by atoms with Crippen molar-refractivity contribution in [2.24, 2.45) is 0 Å². The van der Waals surface area contributed by atoms with Crippen molar-refractivity contribution in [3.8, 4) is 0 Å². The van der Waals surface area contributed by atoms with Gasteiger partial charge in [-0.25, -0.2) is 13.8 Å². The van der Waals surface area contributed by atoms with E-state index in [0.29, 0.717) is 45.3 Å². The van der Waals surface area contributed by atoms with Gasteiger partial charge in [0.1, 0.15) is 17.5 Å². The molecular weight excluding hydrogens is 354 g/mol. The van der Waals surface area contributed by atoms with E-state index in [1.165, 1.54) is 0 Å². The Morgan fingerprint density at radius 2 is 1.63 bits per heavy atom. The smallest absolute Gasteiger partial charge is 0.227 e. The van der Waals surface area contributed by atoms with E-state index in [-0.39, 0.29) is 12.1 Å². The summed E-state index contributed by atoms with van der Waals surface area (Å²) < 4.78 is 33.0. The Balaban J connectivity index is 1.38. The molecule has 144 valence electrons. The van der Waals surface area contributed by atoms with E-state index in [4.69, 9.17) is 9.72 Å². The molecule has 0 spiro atoms. The van der Waals surface area contributed by atoms with Gasteiger partial charge < -0.3 is 14.5 Å². The minimum atomic E-state index is -0.598. The van der Waals surface area contributed by atoms with Gasteiger partial charge in [-0.15, -0.1) is 0 Å². The second-order valence-corrected chi connectivity index (χ2v) is 6.66. The molecule has 2 aromatic rings. The molecule has 7 nitrogen and oxygen atoms in total. The molecule has 27 heavy (non-hydrogen) atoms. The van der Waals surface area contributed by atoms with Gasteiger partial charge in [0.2, 0.25) is 5.95 Å². The molecule has 2 fully saturated rings. The number of hydrogen-bond acceptors (Lipinski definition) is 7. The van der Waals surface area contributed by atoms with Crippen LogP contribution in [0.25, 0.3) is 0 Å². The van der Waals surface area contributed by atoms with Crippen LogP contribution in [0, 0.1) is 11.6 Å². The highest BCUT2D eigenvalue weighted by atomic mass is 19.1. The highest BCUT2D eigenvalue weighted by molar-refractivity contribution is 5.44. The first-order valence-electron chi connectivity index (χ1n) is 9.11. The van der Waals surface area contributed by atoms with E-state index in [9.17, 15) is 8.78 Å². The zero-order chi connectivity index (χ0) is 18.6. The summed E-state index contributed by atoms with van der Waals surface area (Å²) in [4.78, 5) is 19.0. The largest absolute Gasteiger partial charge is 0.378 e. The van der Waals surface area contributed by atoms with Crippen molar-refractivity contribution in [3.05, 3.63) is 41.9 Å². The van der Waals surface area contributed by atoms with Gasteiger partial charge in [-0.3, -0.25) is 9.88 Å². The van der Waals surface area contributed by atoms with Gasteiger partial charge in [-0.05, 0) is 6.07 Å². The molecule has 0 unspecified atom stereocenters. The lowest BCUT2D eigenvalue weighted by molar-refractivity contribution is 0.122. The maximum atomic E-state index is 13.8. The van der Waals surface area contributed by atoms with E-state index in [1.54, 1.807) is 6.20 Å². The fourth-order valence-electron chi connectivity index (χ4n) is 3.38. The van der Waals surface area contributed by atoms with Crippen molar-refractivity contribution in [3.63, 3.8) is 0 Å². The first kappa shape index (κ1) is 18.0. The van der Waals surface area contributed by atoms with Crippen molar-refractivity contribution in [2.75, 3.05) is 62.3 Å². The zero-order valence-corrected chi connectivity index (χ0v) is 15.0. The standard InChI is InChI=1S/C18H22F2N6O/c19-15-11-21-12-16(20)14(15)13-24-3-5-26(6-4-24)18-22-2-1-17(23-18)25-7-9-27-10-8-25/h1-2,11-12H,3-10,13H2. The summed E-state index contributed by atoms with van der Waals surface area (Å²) >= 11 is 0. The van der Waals surface area contributed by atoms with E-state index < -0.39 is 11.6 Å². The number of morpholine rings is 1. The van der Waals surface area contributed by atoms with Crippen LogP contribution in [-0.4, -0.2) is 72.3 Å². The summed E-state index contributed by atoms with van der Waals surface area (Å²) in [6.45, 7) is 6.10. The summed E-state index contributed by atoms with van der Waals surface area (Å²) in [5.41, 5.74) is 0.0732. The minimum Gasteiger partial charge on any atom is -0.378 e. The van der Waals surface area contributed by atoms with Gasteiger partial charge in [-0.2, -0.15) is 4.98 Å². The third-order valence-corrected chi connectivity index (χ3v) is 4.95. The van der Waals surface area contributed by atoms with E-state index >= 15 is 0 Å². The molecule has 0 saturated carbocycles. The van der Waals surface area contributed by atoms with Crippen LogP contribution in [0.15, 0.2) is 24.7 Å². The third kappa shape index (κ3) is 4.14. The predicted octanol–water partition coefficient (Wildman–Crippen LogP) is 1.31. The summed E-state index contributed by atoms with van der Waals surface area (Å²) in [6, 6.07) is 1.92. The van der Waals surface area contributed by atoms with E-state index in [0.717, 1.165) is 31.3 Å². The normalized spacial score (nSPS) is 18.7. The quantitative estimate of drug-likeness (QED) is 0.797. The summed E-state index contributed by atoms with van der Waals surface area (Å²) in [5.74, 6) is 0.407. The van der Waals surface area contributed by atoms with Crippen LogP contribution in [0.3, 0.4) is 0 Å². The lowest BCUT2D eigenvalue weighted by Gasteiger charge is -2.35. The van der Waals surface area contributed by atoms with Crippen molar-refractivity contribution in [1.29, 1.82) is 0 Å². The number of nitrogens with zero attached hydrogens (tertiary/aromatic N) is 6. The molecule has 4 rings (SSSR count). The predicted molar refractivity (Wildman–Crippen MR) is 96.7 cm³/mol. The molecule has 0 aliphatic carbocycles. The number of rotatable bonds is 4. The van der Waals surface area contributed by atoms with E-state index in [1.807, 2.05) is 11.0 Å². The van der Waals surface area contributed by atoms with Crippen LogP contribution in [-0.2, 0) is 11.3 Å². The third-order valence-electron chi connectivity index (χ3n) is 4.95. The molecule has 2 aliphatic heterocycles. The van der Waals surface area contributed by atoms with Crippen molar-refractivity contribution in [1.82, 2.24) is 19.9 Å². The Morgan fingerprint density at radius 3 is 2.33 bits per heavy atom. The Bertz CT molecular complexity index is 758. The number of anilines is 2. The number of aromatic nitrogens is 3. The fourth-order valence-corrected chi connectivity index (χ4v) is 3.38. The van der Waals surface area contributed by atoms with Crippen LogP contribution in [0.2, 0.25) is 0 Å². The summed E-state index contributed by atoms with van der Waals surface area (Å²) in [7, 11) is 0. The second-order valence-electron chi connectivity index (χ2n) is 6.66. The molecular formula is C18H22F2N6O. The Morgan fingerprint density at radius 1 is 0.926 bits per heavy atom. The van der Waals surface area contributed by atoms with Crippen LogP contribution >= 0.6 is 0 Å². The molecule has 0 atom stereocenters. The molecule has 9 heteroatoms. The van der Waals surface area contributed by atoms with Crippen molar-refractivity contribution >= 4 is 11.8 Å². The highest BCUT2D eigenvalue weighted by Crippen LogP contribution is 2.19. The zero-order valence-electron chi connectivity index (χ0n) is 15.0. The highest BCUT2D eigenvalue weighted by Gasteiger charge is 2.22. The van der Waals surface area contributed by atoms with Crippen LogP contribution in [0.1, 0.15) is 5.56 Å². The number of halogens is 2. The van der Waals surface area contributed by atoms with Crippen molar-refractivity contribution < 1.29 is 13.5 Å². The second kappa shape index (κ2) is 8.10. The van der Waals surface area contributed by atoms with Gasteiger partial charge in [0.05, 0.1) is 25.6 Å². The molecule has 0 radical (unpaired) electrons. The van der Waals surface area contributed by atoms with Crippen LogP contribution < -0.4 is 9.80 Å². The maximum Gasteiger partial charge on any atom is 0.227 e. The molecule has 2 saturated heterocycles. The molecule has 2 aliphatic rings. The number of ether oxygens (including phenoxy) is 1. The first-order chi connectivity index (χ1) is 13.2. The van der Waals surface area contributed by atoms with Gasteiger partial charge in [0.15, 0.2) is 0 Å². The number of pyridine rings is 1. The minimum absolute atomic E-state index is 0.0732. The fraction of sp³-hybridized carbons (Fsp3) is 0.500. The van der Waals surface area contributed by atoms with Gasteiger partial charge >= 0.3 is 0 Å². The van der Waals surface area contributed by atoms with Crippen molar-refractivity contribution in [2.45, 2.75) is 6.54 Å². The SMILES string of the molecule is Fc1cncc(F)c1CN1CCN(c2nccc(N3CCOCC3)n2)CC1. The van der Waals surface area contributed by atoms with Crippen LogP contribution in [0.5, 0.6) is 0 Å². The topological polar surface area (TPSA) is 57.6 Å². The van der Waals surface area contributed by atoms with E-state index in [2.05, 4.69) is 19.8 Å². The average molecular weight is 376 g/mol. The Hall–Kier alpha value is -2.39. The number of piperazine rings is 1. The monoisotopic (exact) mass is 376 g/mol. The lowest BCUT2D eigenvalue weighted by atomic mass is 10.2. The van der Waals surface area contributed by atoms with Gasteiger partial charge in [-0.1, -0.05) is 0 Å². The maximum absolute atomic E-state index is 13.8. The van der Waals surface area contributed by atoms with Gasteiger partial charge in [0, 0.05) is 57.6 Å². The molecule has 0 amide bonds. The molecule has 0 N–H and O–H groups in total. The molecule has 2 aromatic heterocycles. The molecule has 0 bridgehead atoms. The van der Waals surface area contributed by atoms with Crippen LogP contribution in [0.4, 0.5) is 20.5 Å². The average Bonchev–Trinajstić information content (AvgIpc) is 2.72. The first-order valence-corrected chi connectivity index (χ1v) is 9.11. The van der Waals surface area contributed by atoms with Gasteiger partial charge in [0.25, 0.3) is 0 Å². The lowest BCUT2D eigenvalue weighted by Crippen LogP contribution is -2.47. The molecule has 4 heterocycles. The Labute approximate surface area is 156 Å².